The minimum Gasteiger partial charge on any atom is -0.324 e. The van der Waals surface area contributed by atoms with Gasteiger partial charge in [-0.2, -0.15) is 0 Å². The third kappa shape index (κ3) is 3.13. The minimum absolute atomic E-state index is 0.433. The van der Waals surface area contributed by atoms with E-state index in [1.165, 1.54) is 5.52 Å². The second kappa shape index (κ2) is 6.62. The molecule has 4 rings (SSSR count). The highest BCUT2D eigenvalue weighted by Crippen LogP contribution is 2.22. The Hall–Kier alpha value is -2.39. The minimum atomic E-state index is 0.433. The van der Waals surface area contributed by atoms with Crippen LogP contribution in [-0.4, -0.2) is 9.55 Å². The molecule has 0 bridgehead atoms. The van der Waals surface area contributed by atoms with Gasteiger partial charge in [0.05, 0.1) is 11.0 Å². The first kappa shape index (κ1) is 15.2. The molecular weight excluding hydrogens is 360 g/mol. The van der Waals surface area contributed by atoms with E-state index in [0.29, 0.717) is 5.92 Å². The highest BCUT2D eigenvalue weighted by Gasteiger charge is 2.12. The van der Waals surface area contributed by atoms with Crippen LogP contribution in [0.2, 0.25) is 0 Å². The average Bonchev–Trinajstić information content (AvgIpc) is 3.23. The summed E-state index contributed by atoms with van der Waals surface area (Å²) in [6.45, 7) is 0.910. The molecule has 0 amide bonds. The van der Waals surface area contributed by atoms with Gasteiger partial charge in [-0.3, -0.25) is 0 Å². The largest absolute Gasteiger partial charge is 0.324 e. The van der Waals surface area contributed by atoms with E-state index in [1.807, 2.05) is 6.07 Å². The van der Waals surface area contributed by atoms with Crippen molar-refractivity contribution in [2.45, 2.75) is 6.54 Å². The van der Waals surface area contributed by atoms with Gasteiger partial charge in [-0.15, -0.1) is 0 Å². The first-order valence-electron chi connectivity index (χ1n) is 8.03. The number of benzene rings is 2. The van der Waals surface area contributed by atoms with Crippen LogP contribution < -0.4 is 0 Å². The van der Waals surface area contributed by atoms with Gasteiger partial charge >= 0.3 is 0 Å². The third-order valence-electron chi connectivity index (χ3n) is 4.20. The molecule has 1 aromatic heterocycles. The van der Waals surface area contributed by atoms with Gasteiger partial charge in [-0.1, -0.05) is 70.6 Å². The molecule has 24 heavy (non-hydrogen) atoms. The Morgan fingerprint density at radius 1 is 0.958 bits per heavy atom. The Balaban J connectivity index is 1.71. The number of allylic oxidation sites excluding steroid dienone is 4. The molecule has 3 aromatic rings. The molecule has 0 aliphatic heterocycles. The SMILES string of the molecule is Brc1ccc(/C=C/c2nc3ccccc3n2CC2C=CC=C2)cc1. The quantitative estimate of drug-likeness (QED) is 0.569. The van der Waals surface area contributed by atoms with Crippen molar-refractivity contribution in [3.05, 3.63) is 88.7 Å². The molecule has 0 atom stereocenters. The van der Waals surface area contributed by atoms with Crippen LogP contribution in [-0.2, 0) is 6.54 Å². The highest BCUT2D eigenvalue weighted by molar-refractivity contribution is 9.10. The summed E-state index contributed by atoms with van der Waals surface area (Å²) in [6, 6.07) is 16.6. The van der Waals surface area contributed by atoms with Gasteiger partial charge < -0.3 is 4.57 Å². The fourth-order valence-electron chi connectivity index (χ4n) is 2.97. The Kier molecular flexibility index (Phi) is 4.18. The average molecular weight is 377 g/mol. The summed E-state index contributed by atoms with van der Waals surface area (Å²) in [5.41, 5.74) is 3.39. The van der Waals surface area contributed by atoms with Crippen molar-refractivity contribution < 1.29 is 0 Å². The van der Waals surface area contributed by atoms with Gasteiger partial charge in [0.25, 0.3) is 0 Å². The Morgan fingerprint density at radius 3 is 2.50 bits per heavy atom. The van der Waals surface area contributed by atoms with Crippen LogP contribution in [0.4, 0.5) is 0 Å². The predicted molar refractivity (Wildman–Crippen MR) is 105 cm³/mol. The number of aromatic nitrogens is 2. The molecule has 0 saturated heterocycles. The van der Waals surface area contributed by atoms with Gasteiger partial charge in [0.2, 0.25) is 0 Å². The van der Waals surface area contributed by atoms with Crippen LogP contribution in [0.3, 0.4) is 0 Å². The molecule has 2 nitrogen and oxygen atoms in total. The van der Waals surface area contributed by atoms with Crippen molar-refractivity contribution in [2.75, 3.05) is 0 Å². The Bertz CT molecular complexity index is 934. The van der Waals surface area contributed by atoms with Crippen LogP contribution in [0, 0.1) is 5.92 Å². The standard InChI is InChI=1S/C21H17BrN2/c22-18-12-9-16(10-13-18)11-14-21-23-19-7-3-4-8-20(19)24(21)15-17-5-1-2-6-17/h1-14,17H,15H2/b14-11+. The lowest BCUT2D eigenvalue weighted by Crippen LogP contribution is -2.07. The molecule has 3 heteroatoms. The lowest BCUT2D eigenvalue weighted by molar-refractivity contribution is 0.630. The topological polar surface area (TPSA) is 17.8 Å². The van der Waals surface area contributed by atoms with E-state index in [4.69, 9.17) is 4.98 Å². The lowest BCUT2D eigenvalue weighted by Gasteiger charge is -2.10. The lowest BCUT2D eigenvalue weighted by atomic mass is 10.1. The molecule has 0 radical (unpaired) electrons. The Morgan fingerprint density at radius 2 is 1.71 bits per heavy atom. The molecule has 0 saturated carbocycles. The van der Waals surface area contributed by atoms with Crippen LogP contribution in [0.15, 0.2) is 77.3 Å². The van der Waals surface area contributed by atoms with E-state index in [1.54, 1.807) is 0 Å². The second-order valence-electron chi connectivity index (χ2n) is 5.89. The molecule has 1 aliphatic carbocycles. The summed E-state index contributed by atoms with van der Waals surface area (Å²) in [5, 5.41) is 0. The van der Waals surface area contributed by atoms with E-state index in [-0.39, 0.29) is 0 Å². The van der Waals surface area contributed by atoms with Crippen molar-refractivity contribution in [3.8, 4) is 0 Å². The van der Waals surface area contributed by atoms with Crippen molar-refractivity contribution in [1.29, 1.82) is 0 Å². The van der Waals surface area contributed by atoms with Gasteiger partial charge in [-0.25, -0.2) is 4.98 Å². The number of halogens is 1. The fraction of sp³-hybridized carbons (Fsp3) is 0.0952. The summed E-state index contributed by atoms with van der Waals surface area (Å²) in [4.78, 5) is 4.81. The number of hydrogen-bond acceptors (Lipinski definition) is 1. The summed E-state index contributed by atoms with van der Waals surface area (Å²) in [6.07, 6.45) is 12.9. The van der Waals surface area contributed by atoms with Gasteiger partial charge in [0.15, 0.2) is 0 Å². The van der Waals surface area contributed by atoms with Crippen LogP contribution in [0.1, 0.15) is 11.4 Å². The molecular formula is C21H17BrN2. The van der Waals surface area contributed by atoms with E-state index in [9.17, 15) is 0 Å². The maximum atomic E-state index is 4.81. The van der Waals surface area contributed by atoms with Crippen LogP contribution >= 0.6 is 15.9 Å². The molecule has 0 spiro atoms. The van der Waals surface area contributed by atoms with E-state index < -0.39 is 0 Å². The predicted octanol–water partition coefficient (Wildman–Crippen LogP) is 5.71. The number of imidazole rings is 1. The monoisotopic (exact) mass is 376 g/mol. The van der Waals surface area contributed by atoms with Crippen molar-refractivity contribution in [1.82, 2.24) is 9.55 Å². The number of nitrogens with zero attached hydrogens (tertiary/aromatic N) is 2. The second-order valence-corrected chi connectivity index (χ2v) is 6.80. The van der Waals surface area contributed by atoms with Crippen LogP contribution in [0.5, 0.6) is 0 Å². The van der Waals surface area contributed by atoms with Gasteiger partial charge in [0.1, 0.15) is 5.82 Å². The number of hydrogen-bond donors (Lipinski definition) is 0. The molecule has 0 fully saturated rings. The highest BCUT2D eigenvalue weighted by atomic mass is 79.9. The number of para-hydroxylation sites is 2. The van der Waals surface area contributed by atoms with Gasteiger partial charge in [-0.05, 0) is 35.9 Å². The molecule has 118 valence electrons. The number of rotatable bonds is 4. The van der Waals surface area contributed by atoms with Crippen molar-refractivity contribution >= 4 is 39.1 Å². The van der Waals surface area contributed by atoms with E-state index in [0.717, 1.165) is 27.9 Å². The molecule has 1 aliphatic rings. The summed E-state index contributed by atoms with van der Waals surface area (Å²) in [5.74, 6) is 1.43. The molecule has 1 heterocycles. The molecule has 0 N–H and O–H groups in total. The zero-order chi connectivity index (χ0) is 16.4. The van der Waals surface area contributed by atoms with Crippen LogP contribution in [0.25, 0.3) is 23.2 Å². The zero-order valence-electron chi connectivity index (χ0n) is 13.1. The smallest absolute Gasteiger partial charge is 0.133 e. The summed E-state index contributed by atoms with van der Waals surface area (Å²) < 4.78 is 3.39. The first-order chi connectivity index (χ1) is 11.8. The maximum absolute atomic E-state index is 4.81. The third-order valence-corrected chi connectivity index (χ3v) is 4.73. The number of fused-ring (bicyclic) bond motifs is 1. The normalized spacial score (nSPS) is 14.4. The molecule has 0 unspecified atom stereocenters. The molecule has 2 aromatic carbocycles. The summed E-state index contributed by atoms with van der Waals surface area (Å²) in [7, 11) is 0. The maximum Gasteiger partial charge on any atom is 0.133 e. The van der Waals surface area contributed by atoms with Crippen molar-refractivity contribution in [3.63, 3.8) is 0 Å². The Labute approximate surface area is 150 Å². The van der Waals surface area contributed by atoms with Crippen molar-refractivity contribution in [2.24, 2.45) is 5.92 Å². The van der Waals surface area contributed by atoms with E-state index in [2.05, 4.69) is 99.4 Å². The zero-order valence-corrected chi connectivity index (χ0v) is 14.7. The van der Waals surface area contributed by atoms with Gasteiger partial charge in [0, 0.05) is 16.9 Å². The van der Waals surface area contributed by atoms with E-state index >= 15 is 0 Å². The fourth-order valence-corrected chi connectivity index (χ4v) is 3.23. The summed E-state index contributed by atoms with van der Waals surface area (Å²) >= 11 is 3.47. The first-order valence-corrected chi connectivity index (χ1v) is 8.83.